The van der Waals surface area contributed by atoms with Crippen molar-refractivity contribution in [3.05, 3.63) is 0 Å². The molecule has 0 saturated heterocycles. The van der Waals surface area contributed by atoms with Crippen LogP contribution < -0.4 is 0 Å². The largest absolute Gasteiger partial charge is 0.463 e. The summed E-state index contributed by atoms with van der Waals surface area (Å²) >= 11 is 0. The lowest BCUT2D eigenvalue weighted by Gasteiger charge is -2.59. The normalized spacial score (nSPS) is 49.2. The fraction of sp³-hybridized carbons (Fsp3) is 0.857. The average molecular weight is 346 g/mol. The molecule has 4 rings (SSSR count). The molecule has 0 bridgehead atoms. The van der Waals surface area contributed by atoms with E-state index in [9.17, 15) is 14.4 Å². The summed E-state index contributed by atoms with van der Waals surface area (Å²) in [6, 6.07) is 0. The van der Waals surface area contributed by atoms with Gasteiger partial charge in [0.15, 0.2) is 0 Å². The summed E-state index contributed by atoms with van der Waals surface area (Å²) in [6.07, 6.45) is 6.97. The van der Waals surface area contributed by atoms with Crippen LogP contribution in [0, 0.1) is 34.5 Å². The van der Waals surface area contributed by atoms with Gasteiger partial charge in [0.05, 0.1) is 0 Å². The molecule has 138 valence electrons. The van der Waals surface area contributed by atoms with Gasteiger partial charge in [0.25, 0.3) is 0 Å². The average Bonchev–Trinajstić information content (AvgIpc) is 2.82. The van der Waals surface area contributed by atoms with Gasteiger partial charge < -0.3 is 4.74 Å². The van der Waals surface area contributed by atoms with Crippen molar-refractivity contribution in [2.24, 2.45) is 34.5 Å². The molecule has 0 aromatic heterocycles. The first-order valence-electron chi connectivity index (χ1n) is 9.99. The number of hydrogen-bond acceptors (Lipinski definition) is 4. The van der Waals surface area contributed by atoms with Crippen molar-refractivity contribution in [1.82, 2.24) is 0 Å². The minimum atomic E-state index is -0.392. The molecule has 0 aliphatic heterocycles. The molecule has 0 amide bonds. The van der Waals surface area contributed by atoms with Crippen LogP contribution in [-0.2, 0) is 19.1 Å². The van der Waals surface area contributed by atoms with E-state index in [0.717, 1.165) is 38.5 Å². The Morgan fingerprint density at radius 2 is 1.88 bits per heavy atom. The van der Waals surface area contributed by atoms with Crippen molar-refractivity contribution >= 4 is 17.5 Å². The van der Waals surface area contributed by atoms with Gasteiger partial charge in [0.2, 0.25) is 0 Å². The molecule has 4 aliphatic rings. The monoisotopic (exact) mass is 346 g/mol. The number of esters is 1. The van der Waals surface area contributed by atoms with Crippen molar-refractivity contribution in [3.63, 3.8) is 0 Å². The first-order valence-corrected chi connectivity index (χ1v) is 9.99. The van der Waals surface area contributed by atoms with E-state index < -0.39 is 5.41 Å². The summed E-state index contributed by atoms with van der Waals surface area (Å²) in [5, 5.41) is 0. The highest BCUT2D eigenvalue weighted by Crippen LogP contribution is 2.64. The predicted molar refractivity (Wildman–Crippen MR) is 92.7 cm³/mol. The number of hydrogen-bond donors (Lipinski definition) is 0. The summed E-state index contributed by atoms with van der Waals surface area (Å²) < 4.78 is 5.48. The van der Waals surface area contributed by atoms with Gasteiger partial charge >= 0.3 is 5.97 Å². The lowest BCUT2D eigenvalue weighted by Crippen LogP contribution is -2.57. The summed E-state index contributed by atoms with van der Waals surface area (Å²) in [5.41, 5.74) is -0.375. The van der Waals surface area contributed by atoms with Crippen LogP contribution in [0.1, 0.15) is 72.1 Å². The van der Waals surface area contributed by atoms with Crippen LogP contribution in [0.15, 0.2) is 0 Å². The summed E-state index contributed by atoms with van der Waals surface area (Å²) in [7, 11) is 0. The fourth-order valence-corrected chi connectivity index (χ4v) is 7.15. The molecule has 4 nitrogen and oxygen atoms in total. The van der Waals surface area contributed by atoms with Crippen molar-refractivity contribution in [1.29, 1.82) is 0 Å². The van der Waals surface area contributed by atoms with E-state index in [1.54, 1.807) is 0 Å². The second-order valence-electron chi connectivity index (χ2n) is 9.56. The molecular formula is C21H30O4. The Bertz CT molecular complexity index is 625. The minimum Gasteiger partial charge on any atom is -0.463 e. The Balaban J connectivity index is 1.60. The Kier molecular flexibility index (Phi) is 3.90. The lowest BCUT2D eigenvalue weighted by molar-refractivity contribution is -0.168. The molecule has 0 unspecified atom stereocenters. The molecule has 4 fully saturated rings. The minimum absolute atomic E-state index is 0.0175. The van der Waals surface area contributed by atoms with Crippen LogP contribution >= 0.6 is 0 Å². The van der Waals surface area contributed by atoms with Crippen LogP contribution in [0.25, 0.3) is 0 Å². The van der Waals surface area contributed by atoms with Crippen molar-refractivity contribution < 1.29 is 19.1 Å². The third-order valence-electron chi connectivity index (χ3n) is 8.35. The van der Waals surface area contributed by atoms with Gasteiger partial charge in [0, 0.05) is 31.1 Å². The summed E-state index contributed by atoms with van der Waals surface area (Å²) in [4.78, 5) is 37.0. The second kappa shape index (κ2) is 5.65. The molecule has 7 atom stereocenters. The standard InChI is InChI=1S/C21H30O4/c1-12(22)25-14-8-9-20(2)13(10-14)4-5-15-16-6-7-18(24)21(16,3)11-17(23)19(15)20/h13-16,19H,4-11H2,1-3H3/t13-,14+,15-,16-,19+,20-,21-/m0/s1. The molecule has 4 heteroatoms. The van der Waals surface area contributed by atoms with E-state index in [0.29, 0.717) is 42.2 Å². The zero-order chi connectivity index (χ0) is 18.0. The number of ether oxygens (including phenoxy) is 1. The summed E-state index contributed by atoms with van der Waals surface area (Å²) in [5.74, 6) is 1.78. The van der Waals surface area contributed by atoms with Gasteiger partial charge in [-0.2, -0.15) is 0 Å². The molecule has 0 spiro atoms. The van der Waals surface area contributed by atoms with Gasteiger partial charge in [-0.1, -0.05) is 13.8 Å². The van der Waals surface area contributed by atoms with Gasteiger partial charge in [-0.15, -0.1) is 0 Å². The fourth-order valence-electron chi connectivity index (χ4n) is 7.15. The van der Waals surface area contributed by atoms with Crippen LogP contribution in [0.4, 0.5) is 0 Å². The Morgan fingerprint density at radius 3 is 2.60 bits per heavy atom. The number of carbonyl (C=O) groups excluding carboxylic acids is 3. The Morgan fingerprint density at radius 1 is 1.12 bits per heavy atom. The number of Topliss-reactive ketones (excluding diaryl/α,β-unsaturated/α-hetero) is 2. The number of fused-ring (bicyclic) bond motifs is 5. The quantitative estimate of drug-likeness (QED) is 0.679. The van der Waals surface area contributed by atoms with Crippen LogP contribution in [0.3, 0.4) is 0 Å². The Labute approximate surface area is 150 Å². The van der Waals surface area contributed by atoms with Gasteiger partial charge in [-0.25, -0.2) is 0 Å². The third-order valence-corrected chi connectivity index (χ3v) is 8.35. The lowest BCUT2D eigenvalue weighted by atomic mass is 9.45. The topological polar surface area (TPSA) is 60.4 Å². The van der Waals surface area contributed by atoms with Gasteiger partial charge in [0.1, 0.15) is 17.7 Å². The SMILES string of the molecule is CC(=O)O[C@@H]1CC[C@@]2(C)[C@@H](CC[C@@H]3[C@@H]2C(=O)C[C@]2(C)C(=O)CC[C@@H]32)C1. The molecule has 25 heavy (non-hydrogen) atoms. The maximum Gasteiger partial charge on any atom is 0.302 e. The zero-order valence-corrected chi connectivity index (χ0v) is 15.7. The van der Waals surface area contributed by atoms with E-state index in [1.165, 1.54) is 6.92 Å². The molecule has 4 aliphatic carbocycles. The van der Waals surface area contributed by atoms with Gasteiger partial charge in [-0.3, -0.25) is 14.4 Å². The van der Waals surface area contributed by atoms with Crippen LogP contribution in [0.5, 0.6) is 0 Å². The highest BCUT2D eigenvalue weighted by atomic mass is 16.5. The first kappa shape index (κ1) is 17.2. The highest BCUT2D eigenvalue weighted by molar-refractivity contribution is 5.95. The second-order valence-corrected chi connectivity index (χ2v) is 9.56. The first-order chi connectivity index (χ1) is 11.8. The Hall–Kier alpha value is -1.19. The highest BCUT2D eigenvalue weighted by Gasteiger charge is 2.63. The van der Waals surface area contributed by atoms with E-state index in [-0.39, 0.29) is 23.4 Å². The zero-order valence-electron chi connectivity index (χ0n) is 15.7. The van der Waals surface area contributed by atoms with E-state index >= 15 is 0 Å². The summed E-state index contributed by atoms with van der Waals surface area (Å²) in [6.45, 7) is 5.83. The molecule has 0 heterocycles. The van der Waals surface area contributed by atoms with E-state index in [1.807, 2.05) is 6.92 Å². The van der Waals surface area contributed by atoms with E-state index in [2.05, 4.69) is 6.92 Å². The van der Waals surface area contributed by atoms with Crippen LogP contribution in [-0.4, -0.2) is 23.6 Å². The maximum atomic E-state index is 13.2. The third kappa shape index (κ3) is 2.43. The van der Waals surface area contributed by atoms with E-state index in [4.69, 9.17) is 4.74 Å². The molecule has 0 aromatic carbocycles. The van der Waals surface area contributed by atoms with Crippen LogP contribution in [0.2, 0.25) is 0 Å². The maximum absolute atomic E-state index is 13.2. The van der Waals surface area contributed by atoms with Crippen molar-refractivity contribution in [2.75, 3.05) is 0 Å². The smallest absolute Gasteiger partial charge is 0.302 e. The molecule has 0 aromatic rings. The molecule has 4 saturated carbocycles. The van der Waals surface area contributed by atoms with Gasteiger partial charge in [-0.05, 0) is 61.7 Å². The van der Waals surface area contributed by atoms with Crippen molar-refractivity contribution in [3.8, 4) is 0 Å². The molecular weight excluding hydrogens is 316 g/mol. The molecule has 0 N–H and O–H groups in total. The predicted octanol–water partition coefficient (Wildman–Crippen LogP) is 3.71. The number of ketones is 2. The number of rotatable bonds is 1. The molecule has 0 radical (unpaired) electrons. The van der Waals surface area contributed by atoms with Crippen molar-refractivity contribution in [2.45, 2.75) is 78.2 Å². The number of carbonyl (C=O) groups is 3.